The first-order valence-corrected chi connectivity index (χ1v) is 7.11. The zero-order chi connectivity index (χ0) is 12.3. The van der Waals surface area contributed by atoms with Gasteiger partial charge < -0.3 is 4.74 Å². The molecular weight excluding hydrogens is 214 g/mol. The average molecular weight is 239 g/mol. The minimum Gasteiger partial charge on any atom is -0.465 e. The van der Waals surface area contributed by atoms with Gasteiger partial charge in [0.25, 0.3) is 0 Å². The number of hydrogen-bond donors (Lipinski definition) is 1. The third-order valence-corrected chi connectivity index (χ3v) is 4.15. The lowest BCUT2D eigenvalue weighted by Gasteiger charge is -2.47. The zero-order valence-electron chi connectivity index (χ0n) is 11.1. The van der Waals surface area contributed by atoms with Gasteiger partial charge in [-0.1, -0.05) is 26.2 Å². The Morgan fingerprint density at radius 1 is 1.29 bits per heavy atom. The maximum Gasteiger partial charge on any atom is 0.326 e. The summed E-state index contributed by atoms with van der Waals surface area (Å²) >= 11 is 0. The highest BCUT2D eigenvalue weighted by Gasteiger charge is 2.50. The molecule has 0 heterocycles. The van der Waals surface area contributed by atoms with Crippen LogP contribution in [0.4, 0.5) is 0 Å². The standard InChI is InChI=1S/C14H25NO2/c1-3-17-13(16)14(9-11(2)10-14)15-12-7-5-4-6-8-12/h11-12,15H,3-10H2,1-2H3. The molecule has 0 bridgehead atoms. The summed E-state index contributed by atoms with van der Waals surface area (Å²) in [5.41, 5.74) is -0.350. The summed E-state index contributed by atoms with van der Waals surface area (Å²) in [6.45, 7) is 4.58. The highest BCUT2D eigenvalue weighted by Crippen LogP contribution is 2.39. The Kier molecular flexibility index (Phi) is 4.08. The van der Waals surface area contributed by atoms with Crippen LogP contribution in [0.5, 0.6) is 0 Å². The van der Waals surface area contributed by atoms with Crippen LogP contribution < -0.4 is 5.32 Å². The molecule has 0 spiro atoms. The first-order chi connectivity index (χ1) is 8.16. The molecule has 17 heavy (non-hydrogen) atoms. The molecule has 0 saturated heterocycles. The van der Waals surface area contributed by atoms with Gasteiger partial charge in [-0.2, -0.15) is 0 Å². The summed E-state index contributed by atoms with van der Waals surface area (Å²) in [5, 5.41) is 3.61. The summed E-state index contributed by atoms with van der Waals surface area (Å²) in [4.78, 5) is 12.1. The first kappa shape index (κ1) is 12.9. The van der Waals surface area contributed by atoms with Crippen molar-refractivity contribution in [3.05, 3.63) is 0 Å². The van der Waals surface area contributed by atoms with E-state index in [1.807, 2.05) is 6.92 Å². The second kappa shape index (κ2) is 5.38. The van der Waals surface area contributed by atoms with E-state index in [1.54, 1.807) is 0 Å². The maximum atomic E-state index is 12.1. The van der Waals surface area contributed by atoms with Crippen LogP contribution in [0.3, 0.4) is 0 Å². The fourth-order valence-electron chi connectivity index (χ4n) is 3.38. The van der Waals surface area contributed by atoms with Gasteiger partial charge in [0.2, 0.25) is 0 Å². The molecule has 1 N–H and O–H groups in total. The van der Waals surface area contributed by atoms with Crippen LogP contribution in [0.1, 0.15) is 58.8 Å². The molecular formula is C14H25NO2. The molecule has 2 rings (SSSR count). The molecule has 3 nitrogen and oxygen atoms in total. The monoisotopic (exact) mass is 239 g/mol. The van der Waals surface area contributed by atoms with Crippen molar-refractivity contribution in [2.75, 3.05) is 6.61 Å². The smallest absolute Gasteiger partial charge is 0.326 e. The van der Waals surface area contributed by atoms with Gasteiger partial charge in [0.15, 0.2) is 0 Å². The van der Waals surface area contributed by atoms with Gasteiger partial charge in [-0.3, -0.25) is 10.1 Å². The Labute approximate surface area is 104 Å². The molecule has 0 unspecified atom stereocenters. The highest BCUT2D eigenvalue weighted by molar-refractivity contribution is 5.82. The number of hydrogen-bond acceptors (Lipinski definition) is 3. The lowest BCUT2D eigenvalue weighted by molar-refractivity contribution is -0.158. The predicted octanol–water partition coefficient (Wildman–Crippen LogP) is 2.64. The van der Waals surface area contributed by atoms with Crippen molar-refractivity contribution in [3.63, 3.8) is 0 Å². The van der Waals surface area contributed by atoms with Crippen molar-refractivity contribution >= 4 is 5.97 Å². The van der Waals surface area contributed by atoms with Gasteiger partial charge in [0.1, 0.15) is 5.54 Å². The topological polar surface area (TPSA) is 38.3 Å². The molecule has 0 radical (unpaired) electrons. The summed E-state index contributed by atoms with van der Waals surface area (Å²) in [6.07, 6.45) is 8.27. The molecule has 0 atom stereocenters. The summed E-state index contributed by atoms with van der Waals surface area (Å²) < 4.78 is 5.24. The Morgan fingerprint density at radius 2 is 1.94 bits per heavy atom. The van der Waals surface area contributed by atoms with Crippen LogP contribution >= 0.6 is 0 Å². The van der Waals surface area contributed by atoms with E-state index in [-0.39, 0.29) is 11.5 Å². The zero-order valence-corrected chi connectivity index (χ0v) is 11.1. The lowest BCUT2D eigenvalue weighted by atomic mass is 9.68. The molecule has 0 aromatic heterocycles. The number of carbonyl (C=O) groups is 1. The van der Waals surface area contributed by atoms with Gasteiger partial charge in [-0.25, -0.2) is 0 Å². The second-order valence-corrected chi connectivity index (χ2v) is 5.80. The number of rotatable bonds is 4. The van der Waals surface area contributed by atoms with E-state index in [2.05, 4.69) is 12.2 Å². The number of carbonyl (C=O) groups excluding carboxylic acids is 1. The van der Waals surface area contributed by atoms with Crippen molar-refractivity contribution in [1.29, 1.82) is 0 Å². The van der Waals surface area contributed by atoms with E-state index in [0.717, 1.165) is 12.8 Å². The van der Waals surface area contributed by atoms with Gasteiger partial charge in [-0.15, -0.1) is 0 Å². The molecule has 0 amide bonds. The quantitative estimate of drug-likeness (QED) is 0.766. The predicted molar refractivity (Wildman–Crippen MR) is 67.8 cm³/mol. The minimum absolute atomic E-state index is 0.0244. The SMILES string of the molecule is CCOC(=O)C1(NC2CCCCC2)CC(C)C1. The molecule has 2 aliphatic carbocycles. The molecule has 0 aromatic rings. The Balaban J connectivity index is 1.94. The Morgan fingerprint density at radius 3 is 2.47 bits per heavy atom. The van der Waals surface area contributed by atoms with E-state index in [9.17, 15) is 4.79 Å². The normalized spacial score (nSPS) is 34.1. The second-order valence-electron chi connectivity index (χ2n) is 5.80. The van der Waals surface area contributed by atoms with Crippen LogP contribution in [0.15, 0.2) is 0 Å². The van der Waals surface area contributed by atoms with Crippen molar-refractivity contribution in [2.45, 2.75) is 70.4 Å². The van der Waals surface area contributed by atoms with Crippen molar-refractivity contribution < 1.29 is 9.53 Å². The average Bonchev–Trinajstić information content (AvgIpc) is 2.28. The Hall–Kier alpha value is -0.570. The molecule has 0 aromatic carbocycles. The van der Waals surface area contributed by atoms with E-state index in [4.69, 9.17) is 4.74 Å². The first-order valence-electron chi connectivity index (χ1n) is 7.11. The van der Waals surface area contributed by atoms with Crippen molar-refractivity contribution in [3.8, 4) is 0 Å². The van der Waals surface area contributed by atoms with Gasteiger partial charge in [0, 0.05) is 6.04 Å². The van der Waals surface area contributed by atoms with Crippen LogP contribution in [0.25, 0.3) is 0 Å². The number of ether oxygens (including phenoxy) is 1. The van der Waals surface area contributed by atoms with Gasteiger partial charge in [-0.05, 0) is 38.5 Å². The highest BCUT2D eigenvalue weighted by atomic mass is 16.5. The summed E-state index contributed by atoms with van der Waals surface area (Å²) in [5.74, 6) is 0.624. The largest absolute Gasteiger partial charge is 0.465 e. The fourth-order valence-corrected chi connectivity index (χ4v) is 3.38. The fraction of sp³-hybridized carbons (Fsp3) is 0.929. The van der Waals surface area contributed by atoms with Crippen LogP contribution in [-0.2, 0) is 9.53 Å². The summed E-state index contributed by atoms with van der Waals surface area (Å²) in [6, 6.07) is 0.528. The molecule has 2 saturated carbocycles. The van der Waals surface area contributed by atoms with Crippen LogP contribution in [0.2, 0.25) is 0 Å². The van der Waals surface area contributed by atoms with E-state index in [1.165, 1.54) is 32.1 Å². The van der Waals surface area contributed by atoms with Crippen LogP contribution in [0, 0.1) is 5.92 Å². The summed E-state index contributed by atoms with van der Waals surface area (Å²) in [7, 11) is 0. The molecule has 0 aliphatic heterocycles. The third-order valence-electron chi connectivity index (χ3n) is 4.15. The number of nitrogens with one attached hydrogen (secondary N) is 1. The van der Waals surface area contributed by atoms with E-state index < -0.39 is 0 Å². The Bertz CT molecular complexity index is 265. The van der Waals surface area contributed by atoms with Gasteiger partial charge >= 0.3 is 5.97 Å². The maximum absolute atomic E-state index is 12.1. The third kappa shape index (κ3) is 2.82. The van der Waals surface area contributed by atoms with Crippen molar-refractivity contribution in [2.24, 2.45) is 5.92 Å². The lowest BCUT2D eigenvalue weighted by Crippen LogP contribution is -2.63. The van der Waals surface area contributed by atoms with Crippen LogP contribution in [-0.4, -0.2) is 24.2 Å². The molecule has 98 valence electrons. The van der Waals surface area contributed by atoms with E-state index >= 15 is 0 Å². The molecule has 3 heteroatoms. The molecule has 2 fully saturated rings. The van der Waals surface area contributed by atoms with Gasteiger partial charge in [0.05, 0.1) is 6.61 Å². The number of esters is 1. The van der Waals surface area contributed by atoms with E-state index in [0.29, 0.717) is 18.6 Å². The minimum atomic E-state index is -0.350. The molecule has 2 aliphatic rings. The van der Waals surface area contributed by atoms with Crippen molar-refractivity contribution in [1.82, 2.24) is 5.32 Å².